The fraction of sp³-hybridized carbons (Fsp3) is 0.559. The van der Waals surface area contributed by atoms with Gasteiger partial charge in [0.25, 0.3) is 0 Å². The van der Waals surface area contributed by atoms with Gasteiger partial charge in [-0.25, -0.2) is 0 Å². The van der Waals surface area contributed by atoms with Crippen LogP contribution in [0.15, 0.2) is 36.4 Å². The van der Waals surface area contributed by atoms with E-state index in [-0.39, 0.29) is 5.97 Å². The normalized spacial score (nSPS) is 13.9. The number of rotatable bonds is 13. The molecule has 0 bridgehead atoms. The highest BCUT2D eigenvalue weighted by atomic mass is 16.5. The molecule has 38 heavy (non-hydrogen) atoms. The molecule has 0 saturated heterocycles. The van der Waals surface area contributed by atoms with Crippen LogP contribution in [0.2, 0.25) is 0 Å². The predicted molar refractivity (Wildman–Crippen MR) is 159 cm³/mol. The van der Waals surface area contributed by atoms with Crippen LogP contribution in [-0.2, 0) is 28.8 Å². The summed E-state index contributed by atoms with van der Waals surface area (Å²) in [5, 5.41) is 0. The van der Waals surface area contributed by atoms with Crippen molar-refractivity contribution in [1.82, 2.24) is 0 Å². The molecule has 2 aromatic rings. The molecule has 1 aliphatic carbocycles. The fourth-order valence-electron chi connectivity index (χ4n) is 4.85. The fourth-order valence-corrected chi connectivity index (χ4v) is 4.85. The largest absolute Gasteiger partial charge is 0.493 e. The van der Waals surface area contributed by atoms with Crippen LogP contribution in [0, 0.1) is 5.41 Å². The first-order valence-corrected chi connectivity index (χ1v) is 14.6. The first-order valence-electron chi connectivity index (χ1n) is 14.6. The highest BCUT2D eigenvalue weighted by Crippen LogP contribution is 2.36. The lowest BCUT2D eigenvalue weighted by molar-refractivity contribution is -0.157. The predicted octanol–water partition coefficient (Wildman–Crippen LogP) is 7.93. The van der Waals surface area contributed by atoms with E-state index in [1.54, 1.807) is 0 Å². The minimum atomic E-state index is -0.708. The number of fused-ring (bicyclic) bond motifs is 1. The molecule has 4 heteroatoms. The zero-order valence-electron chi connectivity index (χ0n) is 24.6. The van der Waals surface area contributed by atoms with Gasteiger partial charge < -0.3 is 15.2 Å². The molecule has 2 N–H and O–H groups in total. The number of unbranched alkanes of at least 4 members (excludes halogenated alkanes) is 3. The third-order valence-corrected chi connectivity index (χ3v) is 8.32. The second kappa shape index (κ2) is 13.5. The monoisotopic (exact) mass is 519 g/mol. The van der Waals surface area contributed by atoms with Gasteiger partial charge in [-0.3, -0.25) is 4.79 Å². The first kappa shape index (κ1) is 30.0. The van der Waals surface area contributed by atoms with Gasteiger partial charge in [0.1, 0.15) is 5.75 Å². The van der Waals surface area contributed by atoms with E-state index in [9.17, 15) is 4.79 Å². The van der Waals surface area contributed by atoms with Gasteiger partial charge in [-0.05, 0) is 125 Å². The lowest BCUT2D eigenvalue weighted by atomic mass is 9.75. The maximum absolute atomic E-state index is 12.4. The van der Waals surface area contributed by atoms with E-state index in [2.05, 4.69) is 56.3 Å². The Bertz CT molecular complexity index is 1110. The van der Waals surface area contributed by atoms with E-state index in [0.717, 1.165) is 63.5 Å². The average molecular weight is 520 g/mol. The number of benzene rings is 2. The van der Waals surface area contributed by atoms with Gasteiger partial charge >= 0.3 is 5.97 Å². The number of carbonyl (C=O) groups is 1. The van der Waals surface area contributed by atoms with E-state index in [4.69, 9.17) is 15.2 Å². The first-order chi connectivity index (χ1) is 18.1. The number of hydrogen-bond acceptors (Lipinski definition) is 4. The average Bonchev–Trinajstić information content (AvgIpc) is 3.12. The molecule has 3 rings (SSSR count). The van der Waals surface area contributed by atoms with E-state index in [1.807, 2.05) is 27.7 Å². The van der Waals surface area contributed by atoms with Crippen molar-refractivity contribution in [1.29, 1.82) is 0 Å². The number of hydrogen-bond donors (Lipinski definition) is 1. The lowest BCUT2D eigenvalue weighted by Crippen LogP contribution is -2.52. The molecule has 208 valence electrons. The topological polar surface area (TPSA) is 61.5 Å². The Labute approximate surface area is 231 Å². The van der Waals surface area contributed by atoms with Crippen molar-refractivity contribution >= 4 is 17.6 Å². The van der Waals surface area contributed by atoms with Gasteiger partial charge in [0.05, 0.1) is 18.6 Å². The third kappa shape index (κ3) is 7.50. The third-order valence-electron chi connectivity index (χ3n) is 8.32. The van der Waals surface area contributed by atoms with Crippen LogP contribution in [0.1, 0.15) is 108 Å². The molecule has 0 heterocycles. The smallest absolute Gasteiger partial charge is 0.313 e. The molecular formula is C34H49NO3. The maximum Gasteiger partial charge on any atom is 0.313 e. The van der Waals surface area contributed by atoms with E-state index < -0.39 is 11.0 Å². The van der Waals surface area contributed by atoms with Gasteiger partial charge in [-0.2, -0.15) is 0 Å². The Kier molecular flexibility index (Phi) is 10.6. The van der Waals surface area contributed by atoms with Crippen LogP contribution < -0.4 is 10.5 Å². The van der Waals surface area contributed by atoms with Crippen LogP contribution in [0.5, 0.6) is 5.75 Å². The van der Waals surface area contributed by atoms with Gasteiger partial charge in [0.2, 0.25) is 0 Å². The number of aryl methyl sites for hydroxylation is 3. The molecule has 0 amide bonds. The Morgan fingerprint density at radius 2 is 1.66 bits per heavy atom. The molecule has 0 aliphatic heterocycles. The van der Waals surface area contributed by atoms with Crippen molar-refractivity contribution in [2.45, 2.75) is 105 Å². The van der Waals surface area contributed by atoms with Crippen molar-refractivity contribution in [3.63, 3.8) is 0 Å². The quantitative estimate of drug-likeness (QED) is 0.216. The number of allylic oxidation sites excluding steroid dienone is 1. The minimum Gasteiger partial charge on any atom is -0.493 e. The minimum absolute atomic E-state index is 0.224. The van der Waals surface area contributed by atoms with E-state index in [0.29, 0.717) is 13.2 Å². The van der Waals surface area contributed by atoms with E-state index >= 15 is 0 Å². The molecule has 0 spiro atoms. The molecule has 0 fully saturated rings. The van der Waals surface area contributed by atoms with Crippen molar-refractivity contribution in [3.8, 4) is 5.75 Å². The van der Waals surface area contributed by atoms with Gasteiger partial charge in [-0.15, -0.1) is 0 Å². The maximum atomic E-state index is 12.4. The zero-order valence-corrected chi connectivity index (χ0v) is 24.6. The summed E-state index contributed by atoms with van der Waals surface area (Å²) in [6.45, 7) is 13.0. The Balaban J connectivity index is 1.54. The summed E-state index contributed by atoms with van der Waals surface area (Å²) in [7, 11) is 0. The van der Waals surface area contributed by atoms with Crippen molar-refractivity contribution in [2.75, 3.05) is 13.2 Å². The van der Waals surface area contributed by atoms with Crippen molar-refractivity contribution < 1.29 is 14.3 Å². The SMILES string of the molecule is CCc1ccc(C2=Cc3c(cccc3OCCCCCCOC(=O)C(C)(C)C(C)(C)N)CCC2)c(CC)c1. The number of carbonyl (C=O) groups excluding carboxylic acids is 1. The summed E-state index contributed by atoms with van der Waals surface area (Å²) in [4.78, 5) is 12.4. The summed E-state index contributed by atoms with van der Waals surface area (Å²) in [6.07, 6.45) is 11.7. The van der Waals surface area contributed by atoms with Gasteiger partial charge in [-0.1, -0.05) is 44.2 Å². The lowest BCUT2D eigenvalue weighted by Gasteiger charge is -2.35. The van der Waals surface area contributed by atoms with Gasteiger partial charge in [0, 0.05) is 11.1 Å². The Hall–Kier alpha value is -2.59. The molecule has 2 aromatic carbocycles. The molecule has 0 atom stereocenters. The van der Waals surface area contributed by atoms with Crippen LogP contribution in [-0.4, -0.2) is 24.7 Å². The van der Waals surface area contributed by atoms with Gasteiger partial charge in [0.15, 0.2) is 0 Å². The Morgan fingerprint density at radius 3 is 2.34 bits per heavy atom. The van der Waals surface area contributed by atoms with Crippen molar-refractivity contribution in [2.24, 2.45) is 11.1 Å². The van der Waals surface area contributed by atoms with Crippen LogP contribution >= 0.6 is 0 Å². The van der Waals surface area contributed by atoms with Crippen LogP contribution in [0.4, 0.5) is 0 Å². The number of nitrogens with two attached hydrogens (primary N) is 1. The second-order valence-corrected chi connectivity index (χ2v) is 11.8. The highest BCUT2D eigenvalue weighted by molar-refractivity contribution is 5.86. The second-order valence-electron chi connectivity index (χ2n) is 11.8. The van der Waals surface area contributed by atoms with Crippen LogP contribution in [0.3, 0.4) is 0 Å². The summed E-state index contributed by atoms with van der Waals surface area (Å²) < 4.78 is 11.8. The van der Waals surface area contributed by atoms with E-state index in [1.165, 1.54) is 33.4 Å². The molecule has 0 aromatic heterocycles. The molecule has 4 nitrogen and oxygen atoms in total. The summed E-state index contributed by atoms with van der Waals surface area (Å²) in [6, 6.07) is 13.5. The summed E-state index contributed by atoms with van der Waals surface area (Å²) in [5.41, 5.74) is 13.1. The molecule has 0 unspecified atom stereocenters. The molecule has 0 saturated carbocycles. The molecule has 0 radical (unpaired) electrons. The number of ether oxygens (including phenoxy) is 2. The summed E-state index contributed by atoms with van der Waals surface area (Å²) in [5.74, 6) is 0.767. The molecular weight excluding hydrogens is 470 g/mol. The standard InChI is InChI=1S/C34H49NO3/c1-7-25-19-20-29(26(8-2)23-25)28-17-13-15-27-16-14-18-31(30(27)24-28)37-21-11-9-10-12-22-38-32(36)33(3,4)34(5,6)35/h14,16,18-20,23-24H,7-13,15,17,21-22,35H2,1-6H3. The Morgan fingerprint density at radius 1 is 0.921 bits per heavy atom. The summed E-state index contributed by atoms with van der Waals surface area (Å²) >= 11 is 0. The molecule has 1 aliphatic rings. The van der Waals surface area contributed by atoms with Crippen molar-refractivity contribution in [3.05, 3.63) is 64.2 Å². The highest BCUT2D eigenvalue weighted by Gasteiger charge is 2.41. The zero-order chi connectivity index (χ0) is 27.8. The number of esters is 1. The van der Waals surface area contributed by atoms with Crippen LogP contribution in [0.25, 0.3) is 11.6 Å².